The molecule has 1 aromatic heterocycles. The van der Waals surface area contributed by atoms with E-state index in [1.165, 1.54) is 16.7 Å². The van der Waals surface area contributed by atoms with Crippen molar-refractivity contribution in [1.82, 2.24) is 9.55 Å². The van der Waals surface area contributed by atoms with Gasteiger partial charge in [0, 0.05) is 18.8 Å². The number of rotatable bonds is 2. The first-order chi connectivity index (χ1) is 11.2. The SMILES string of the molecule is C=C/C1=C\C(=C/C)c2cn(C)c(n2)-c2ccccc2C(CC)C1. The average Bonchev–Trinajstić information content (AvgIpc) is 2.96. The highest BCUT2D eigenvalue weighted by Gasteiger charge is 2.20. The van der Waals surface area contributed by atoms with Gasteiger partial charge in [0.25, 0.3) is 0 Å². The van der Waals surface area contributed by atoms with Gasteiger partial charge in [-0.3, -0.25) is 0 Å². The van der Waals surface area contributed by atoms with E-state index in [1.807, 2.05) is 6.08 Å². The Morgan fingerprint density at radius 2 is 2.13 bits per heavy atom. The zero-order chi connectivity index (χ0) is 16.4. The van der Waals surface area contributed by atoms with Crippen LogP contribution in [0.2, 0.25) is 0 Å². The topological polar surface area (TPSA) is 17.8 Å². The van der Waals surface area contributed by atoms with Crippen molar-refractivity contribution >= 4 is 5.57 Å². The van der Waals surface area contributed by atoms with Crippen LogP contribution in [0.5, 0.6) is 0 Å². The smallest absolute Gasteiger partial charge is 0.140 e. The maximum Gasteiger partial charge on any atom is 0.140 e. The summed E-state index contributed by atoms with van der Waals surface area (Å²) in [6.07, 6.45) is 10.6. The Balaban J connectivity index is 2.31. The molecule has 0 aliphatic carbocycles. The van der Waals surface area contributed by atoms with Crippen LogP contribution in [-0.2, 0) is 7.05 Å². The number of hydrogen-bond acceptors (Lipinski definition) is 1. The fraction of sp³-hybridized carbons (Fsp3) is 0.286. The Hall–Kier alpha value is -2.35. The molecular weight excluding hydrogens is 280 g/mol. The van der Waals surface area contributed by atoms with Gasteiger partial charge in [0.05, 0.1) is 5.69 Å². The van der Waals surface area contributed by atoms with E-state index in [2.05, 4.69) is 74.7 Å². The van der Waals surface area contributed by atoms with Gasteiger partial charge in [-0.2, -0.15) is 0 Å². The maximum absolute atomic E-state index is 4.92. The van der Waals surface area contributed by atoms with Gasteiger partial charge >= 0.3 is 0 Å². The minimum atomic E-state index is 0.479. The summed E-state index contributed by atoms with van der Waals surface area (Å²) in [5.74, 6) is 1.52. The van der Waals surface area contributed by atoms with Crippen LogP contribution < -0.4 is 0 Å². The van der Waals surface area contributed by atoms with Gasteiger partial charge in [0.15, 0.2) is 0 Å². The predicted molar refractivity (Wildman–Crippen MR) is 98.2 cm³/mol. The number of imidazole rings is 1. The molecule has 3 rings (SSSR count). The molecule has 2 heteroatoms. The molecule has 0 N–H and O–H groups in total. The summed E-state index contributed by atoms with van der Waals surface area (Å²) >= 11 is 0. The lowest BCUT2D eigenvalue weighted by atomic mass is 9.85. The van der Waals surface area contributed by atoms with Gasteiger partial charge in [0.2, 0.25) is 0 Å². The predicted octanol–water partition coefficient (Wildman–Crippen LogP) is 5.50. The van der Waals surface area contributed by atoms with Crippen LogP contribution in [-0.4, -0.2) is 9.55 Å². The lowest BCUT2D eigenvalue weighted by molar-refractivity contribution is 0.663. The van der Waals surface area contributed by atoms with Crippen molar-refractivity contribution in [2.75, 3.05) is 0 Å². The average molecular weight is 304 g/mol. The Labute approximate surface area is 138 Å². The second-order valence-corrected chi connectivity index (χ2v) is 6.12. The minimum absolute atomic E-state index is 0.479. The highest BCUT2D eigenvalue weighted by molar-refractivity contribution is 5.75. The van der Waals surface area contributed by atoms with Crippen LogP contribution in [0, 0.1) is 0 Å². The fourth-order valence-electron chi connectivity index (χ4n) is 3.38. The summed E-state index contributed by atoms with van der Waals surface area (Å²) in [4.78, 5) is 4.92. The number of aryl methyl sites for hydroxylation is 1. The number of nitrogens with zero attached hydrogens (tertiary/aromatic N) is 2. The van der Waals surface area contributed by atoms with Crippen LogP contribution in [0.3, 0.4) is 0 Å². The van der Waals surface area contributed by atoms with Gasteiger partial charge in [-0.1, -0.05) is 49.9 Å². The summed E-state index contributed by atoms with van der Waals surface area (Å²) in [5, 5.41) is 0. The van der Waals surface area contributed by atoms with Crippen LogP contribution in [0.15, 0.2) is 60.8 Å². The Morgan fingerprint density at radius 1 is 1.35 bits per heavy atom. The molecule has 0 radical (unpaired) electrons. The normalized spacial score (nSPS) is 21.4. The standard InChI is InChI=1S/C21H24N2/c1-5-15-12-16(6-2)18-10-8-9-11-19(18)21-22-20(14-23(21)4)17(7-3)13-15/h5,7-11,13-14,16H,1,6,12H2,2-4H3/b15-13+,17-7+. The van der Waals surface area contributed by atoms with Gasteiger partial charge < -0.3 is 4.57 Å². The number of hydrogen-bond donors (Lipinski definition) is 0. The fourth-order valence-corrected chi connectivity index (χ4v) is 3.38. The number of allylic oxidation sites excluding steroid dienone is 5. The Morgan fingerprint density at radius 3 is 2.83 bits per heavy atom. The van der Waals surface area contributed by atoms with Gasteiger partial charge in [-0.15, -0.1) is 0 Å². The van der Waals surface area contributed by atoms with Crippen molar-refractivity contribution in [3.63, 3.8) is 0 Å². The summed E-state index contributed by atoms with van der Waals surface area (Å²) in [5.41, 5.74) is 6.08. The molecule has 23 heavy (non-hydrogen) atoms. The van der Waals surface area contributed by atoms with Crippen molar-refractivity contribution < 1.29 is 0 Å². The second-order valence-electron chi connectivity index (χ2n) is 6.12. The van der Waals surface area contributed by atoms with E-state index in [9.17, 15) is 0 Å². The summed E-state index contributed by atoms with van der Waals surface area (Å²) in [7, 11) is 2.08. The molecule has 1 atom stereocenters. The van der Waals surface area contributed by atoms with Crippen molar-refractivity contribution in [2.24, 2.45) is 7.05 Å². The molecule has 1 aliphatic rings. The van der Waals surface area contributed by atoms with Crippen molar-refractivity contribution in [1.29, 1.82) is 0 Å². The molecule has 2 aromatic rings. The quantitative estimate of drug-likeness (QED) is 0.716. The molecule has 118 valence electrons. The maximum atomic E-state index is 4.92. The first-order valence-electron chi connectivity index (χ1n) is 8.30. The van der Waals surface area contributed by atoms with E-state index >= 15 is 0 Å². The minimum Gasteiger partial charge on any atom is -0.333 e. The highest BCUT2D eigenvalue weighted by atomic mass is 15.0. The van der Waals surface area contributed by atoms with Crippen molar-refractivity contribution in [3.05, 3.63) is 72.1 Å². The van der Waals surface area contributed by atoms with Crippen LogP contribution in [0.4, 0.5) is 0 Å². The van der Waals surface area contributed by atoms with Gasteiger partial charge in [-0.05, 0) is 48.5 Å². The number of fused-ring (bicyclic) bond motifs is 4. The molecule has 2 bridgehead atoms. The molecule has 0 fully saturated rings. The molecule has 1 unspecified atom stereocenters. The van der Waals surface area contributed by atoms with Crippen molar-refractivity contribution in [2.45, 2.75) is 32.6 Å². The summed E-state index contributed by atoms with van der Waals surface area (Å²) < 4.78 is 2.14. The Bertz CT molecular complexity index is 790. The molecule has 2 nitrogen and oxygen atoms in total. The van der Waals surface area contributed by atoms with Gasteiger partial charge in [0.1, 0.15) is 5.82 Å². The summed E-state index contributed by atoms with van der Waals surface area (Å²) in [6.45, 7) is 8.34. The van der Waals surface area contributed by atoms with E-state index in [4.69, 9.17) is 4.98 Å². The van der Waals surface area contributed by atoms with Crippen LogP contribution in [0.25, 0.3) is 17.0 Å². The van der Waals surface area contributed by atoms with E-state index in [-0.39, 0.29) is 0 Å². The Kier molecular flexibility index (Phi) is 4.33. The van der Waals surface area contributed by atoms with Crippen LogP contribution in [0.1, 0.15) is 43.9 Å². The monoisotopic (exact) mass is 304 g/mol. The van der Waals surface area contributed by atoms with E-state index in [1.54, 1.807) is 0 Å². The lowest BCUT2D eigenvalue weighted by Gasteiger charge is -2.20. The lowest BCUT2D eigenvalue weighted by Crippen LogP contribution is -2.04. The number of aromatic nitrogens is 2. The second kappa shape index (κ2) is 6.41. The highest BCUT2D eigenvalue weighted by Crippen LogP contribution is 2.37. The van der Waals surface area contributed by atoms with Crippen LogP contribution >= 0.6 is 0 Å². The summed E-state index contributed by atoms with van der Waals surface area (Å²) in [6, 6.07) is 8.67. The zero-order valence-electron chi connectivity index (χ0n) is 14.2. The number of benzene rings is 1. The molecule has 1 aromatic carbocycles. The van der Waals surface area contributed by atoms with Crippen molar-refractivity contribution in [3.8, 4) is 11.4 Å². The molecule has 2 heterocycles. The first-order valence-corrected chi connectivity index (χ1v) is 8.30. The largest absolute Gasteiger partial charge is 0.333 e. The molecule has 0 amide bonds. The molecule has 0 saturated carbocycles. The third-order valence-corrected chi connectivity index (χ3v) is 4.70. The van der Waals surface area contributed by atoms with E-state index in [0.717, 1.165) is 29.9 Å². The molecule has 0 saturated heterocycles. The van der Waals surface area contributed by atoms with E-state index < -0.39 is 0 Å². The third kappa shape index (κ3) is 2.81. The zero-order valence-corrected chi connectivity index (χ0v) is 14.2. The third-order valence-electron chi connectivity index (χ3n) is 4.70. The first kappa shape index (κ1) is 15.5. The van der Waals surface area contributed by atoms with E-state index in [0.29, 0.717) is 5.92 Å². The van der Waals surface area contributed by atoms with Gasteiger partial charge in [-0.25, -0.2) is 4.98 Å². The molecular formula is C21H24N2. The molecule has 1 aliphatic heterocycles. The molecule has 0 spiro atoms.